The van der Waals surface area contributed by atoms with Crippen molar-refractivity contribution in [2.45, 2.75) is 64.3 Å². The number of carbonyl (C=O) groups excluding carboxylic acids is 1. The van der Waals surface area contributed by atoms with Gasteiger partial charge in [-0.3, -0.25) is 4.79 Å². The van der Waals surface area contributed by atoms with Crippen molar-refractivity contribution < 1.29 is 28.5 Å². The molecule has 2 aromatic rings. The van der Waals surface area contributed by atoms with Gasteiger partial charge < -0.3 is 33.5 Å². The molecule has 0 N–H and O–H groups in total. The number of rotatable bonds is 11. The Morgan fingerprint density at radius 1 is 0.952 bits per heavy atom. The summed E-state index contributed by atoms with van der Waals surface area (Å²) in [5.41, 5.74) is 4.23. The van der Waals surface area contributed by atoms with Crippen LogP contribution < -0.4 is 9.64 Å². The van der Waals surface area contributed by atoms with Crippen LogP contribution in [0, 0.1) is 0 Å². The second-order valence-corrected chi connectivity index (χ2v) is 11.8. The van der Waals surface area contributed by atoms with Crippen LogP contribution in [0.4, 0.5) is 5.69 Å². The monoisotopic (exact) mass is 578 g/mol. The van der Waals surface area contributed by atoms with Crippen LogP contribution >= 0.6 is 0 Å². The van der Waals surface area contributed by atoms with Gasteiger partial charge in [0.25, 0.3) is 0 Å². The summed E-state index contributed by atoms with van der Waals surface area (Å²) in [6.45, 7) is 8.17. The van der Waals surface area contributed by atoms with E-state index in [2.05, 4.69) is 41.3 Å². The highest BCUT2D eigenvalue weighted by Crippen LogP contribution is 2.34. The first-order valence-corrected chi connectivity index (χ1v) is 14.6. The normalized spacial score (nSPS) is 18.0. The maximum Gasteiger partial charge on any atom is 0.248 e. The number of hydrogen-bond acceptors (Lipinski definition) is 7. The molecule has 4 rings (SSSR count). The van der Waals surface area contributed by atoms with Gasteiger partial charge in [0.1, 0.15) is 18.5 Å². The number of likely N-dealkylation sites (tertiary alicyclic amines) is 1. The zero-order chi connectivity index (χ0) is 30.3. The minimum atomic E-state index is -0.336. The van der Waals surface area contributed by atoms with Crippen LogP contribution in [-0.4, -0.2) is 76.7 Å². The molecule has 2 aromatic carbocycles. The zero-order valence-corrected chi connectivity index (χ0v) is 26.1. The van der Waals surface area contributed by atoms with E-state index in [9.17, 15) is 4.79 Å². The molecular formula is C34H46N2O6. The van der Waals surface area contributed by atoms with Crippen molar-refractivity contribution in [1.82, 2.24) is 4.90 Å². The molecule has 1 atom stereocenters. The molecule has 2 aliphatic rings. The van der Waals surface area contributed by atoms with Gasteiger partial charge in [0, 0.05) is 51.0 Å². The number of methoxy groups -OCH3 is 4. The van der Waals surface area contributed by atoms with E-state index in [4.69, 9.17) is 23.7 Å². The molecule has 8 heteroatoms. The first-order valence-electron chi connectivity index (χ1n) is 14.6. The molecule has 8 nitrogen and oxygen atoms in total. The second kappa shape index (κ2) is 14.1. The van der Waals surface area contributed by atoms with Gasteiger partial charge in [-0.25, -0.2) is 0 Å². The van der Waals surface area contributed by atoms with E-state index < -0.39 is 0 Å². The Morgan fingerprint density at radius 2 is 1.69 bits per heavy atom. The summed E-state index contributed by atoms with van der Waals surface area (Å²) < 4.78 is 28.3. The molecule has 0 radical (unpaired) electrons. The minimum absolute atomic E-state index is 0.0558. The molecule has 228 valence electrons. The Labute approximate surface area is 250 Å². The third-order valence-corrected chi connectivity index (χ3v) is 7.89. The van der Waals surface area contributed by atoms with Gasteiger partial charge >= 0.3 is 0 Å². The lowest BCUT2D eigenvalue weighted by Crippen LogP contribution is -2.48. The largest absolute Gasteiger partial charge is 0.497 e. The number of anilines is 1. The summed E-state index contributed by atoms with van der Waals surface area (Å²) in [6.07, 6.45) is 4.29. The second-order valence-electron chi connectivity index (χ2n) is 11.8. The smallest absolute Gasteiger partial charge is 0.248 e. The highest BCUT2D eigenvalue weighted by atomic mass is 16.5. The maximum atomic E-state index is 12.8. The van der Waals surface area contributed by atoms with Crippen molar-refractivity contribution in [3.63, 3.8) is 0 Å². The van der Waals surface area contributed by atoms with Crippen molar-refractivity contribution in [3.8, 4) is 5.75 Å². The molecule has 1 aliphatic carbocycles. The van der Waals surface area contributed by atoms with Crippen molar-refractivity contribution >= 4 is 17.2 Å². The molecule has 1 fully saturated rings. The van der Waals surface area contributed by atoms with E-state index in [1.165, 1.54) is 5.56 Å². The first kappa shape index (κ1) is 31.4. The molecule has 1 aliphatic heterocycles. The number of allylic oxidation sites excluding steroid dienone is 1. The quantitative estimate of drug-likeness (QED) is 0.333. The summed E-state index contributed by atoms with van der Waals surface area (Å²) in [5.74, 6) is 2.27. The van der Waals surface area contributed by atoms with E-state index in [-0.39, 0.29) is 30.3 Å². The summed E-state index contributed by atoms with van der Waals surface area (Å²) in [5, 5.41) is 0. The summed E-state index contributed by atoms with van der Waals surface area (Å²) in [6, 6.07) is 17.2. The number of benzene rings is 2. The van der Waals surface area contributed by atoms with Gasteiger partial charge in [0.15, 0.2) is 11.5 Å². The Kier molecular flexibility index (Phi) is 10.6. The molecule has 42 heavy (non-hydrogen) atoms. The third-order valence-electron chi connectivity index (χ3n) is 7.89. The number of ether oxygens (including phenoxy) is 5. The van der Waals surface area contributed by atoms with Crippen LogP contribution in [0.25, 0.3) is 5.57 Å². The van der Waals surface area contributed by atoms with Crippen LogP contribution in [0.5, 0.6) is 5.75 Å². The molecule has 1 unspecified atom stereocenters. The minimum Gasteiger partial charge on any atom is -0.497 e. The number of piperidine rings is 1. The van der Waals surface area contributed by atoms with Crippen LogP contribution in [0.15, 0.2) is 66.1 Å². The Balaban J connectivity index is 1.56. The summed E-state index contributed by atoms with van der Waals surface area (Å²) in [4.78, 5) is 17.2. The fraction of sp³-hybridized carbons (Fsp3) is 0.500. The van der Waals surface area contributed by atoms with Crippen molar-refractivity contribution in [3.05, 3.63) is 77.3 Å². The summed E-state index contributed by atoms with van der Waals surface area (Å²) in [7, 11) is 6.69. The topological polar surface area (TPSA) is 69.7 Å². The van der Waals surface area contributed by atoms with Gasteiger partial charge in [0.2, 0.25) is 5.91 Å². The van der Waals surface area contributed by atoms with Gasteiger partial charge in [0.05, 0.1) is 26.9 Å². The highest BCUT2D eigenvalue weighted by Gasteiger charge is 2.29. The Morgan fingerprint density at radius 3 is 2.33 bits per heavy atom. The molecule has 1 heterocycles. The van der Waals surface area contributed by atoms with Crippen LogP contribution in [-0.2, 0) is 30.3 Å². The number of nitrogens with zero attached hydrogens (tertiary/aromatic N) is 2. The lowest BCUT2D eigenvalue weighted by Gasteiger charge is -2.40. The summed E-state index contributed by atoms with van der Waals surface area (Å²) >= 11 is 0. The number of hydrogen-bond donors (Lipinski definition) is 0. The predicted octanol–water partition coefficient (Wildman–Crippen LogP) is 5.81. The van der Waals surface area contributed by atoms with Crippen LogP contribution in [0.2, 0.25) is 0 Å². The first-order chi connectivity index (χ1) is 20.1. The average molecular weight is 579 g/mol. The van der Waals surface area contributed by atoms with E-state index >= 15 is 0 Å². The van der Waals surface area contributed by atoms with Crippen molar-refractivity contribution in [1.29, 1.82) is 0 Å². The van der Waals surface area contributed by atoms with Crippen molar-refractivity contribution in [2.24, 2.45) is 0 Å². The van der Waals surface area contributed by atoms with Gasteiger partial charge in [-0.2, -0.15) is 0 Å². The van der Waals surface area contributed by atoms with E-state index in [1.54, 1.807) is 28.4 Å². The zero-order valence-electron chi connectivity index (χ0n) is 26.1. The molecule has 0 spiro atoms. The van der Waals surface area contributed by atoms with Gasteiger partial charge in [-0.05, 0) is 74.6 Å². The van der Waals surface area contributed by atoms with Crippen molar-refractivity contribution in [2.75, 3.05) is 53.0 Å². The van der Waals surface area contributed by atoms with E-state index in [1.807, 2.05) is 43.9 Å². The lowest BCUT2D eigenvalue weighted by molar-refractivity contribution is -0.142. The van der Waals surface area contributed by atoms with Crippen LogP contribution in [0.1, 0.15) is 51.2 Å². The highest BCUT2D eigenvalue weighted by molar-refractivity contribution is 5.77. The maximum absolute atomic E-state index is 12.8. The Bertz CT molecular complexity index is 1270. The molecule has 0 saturated carbocycles. The molecular weight excluding hydrogens is 532 g/mol. The fourth-order valence-corrected chi connectivity index (χ4v) is 5.61. The fourth-order valence-electron chi connectivity index (χ4n) is 5.61. The predicted molar refractivity (Wildman–Crippen MR) is 165 cm³/mol. The average Bonchev–Trinajstić information content (AvgIpc) is 3.01. The molecule has 0 bridgehead atoms. The Hall–Kier alpha value is -3.49. The lowest BCUT2D eigenvalue weighted by atomic mass is 9.92. The van der Waals surface area contributed by atoms with E-state index in [0.29, 0.717) is 31.0 Å². The van der Waals surface area contributed by atoms with Crippen LogP contribution in [0.3, 0.4) is 0 Å². The van der Waals surface area contributed by atoms with Gasteiger partial charge in [-0.15, -0.1) is 0 Å². The van der Waals surface area contributed by atoms with Gasteiger partial charge in [-0.1, -0.05) is 24.3 Å². The standard InChI is InChI=1S/C34H46N2O6/c1-34(2,3)42-23-32(37)35-16-14-27(15-17-35)36(28-12-9-13-29(21-28)38-4)22-24-10-8-11-25(18-24)26-19-30(39-5)33(41-7)31(20-26)40-6/h8-13,18-19,21,27,31H,14-17,20,22-23H2,1-7H3. The molecule has 0 aromatic heterocycles. The number of carbonyl (C=O) groups is 1. The number of amides is 1. The third kappa shape index (κ3) is 7.86. The SMILES string of the molecule is COC1=C(OC)C(OC)CC(c2cccc(CN(c3cccc(OC)c3)C3CCN(C(=O)COC(C)(C)C)CC3)c2)=C1. The van der Waals surface area contributed by atoms with E-state index in [0.717, 1.165) is 42.0 Å². The molecule has 1 saturated heterocycles. The molecule has 1 amide bonds.